The van der Waals surface area contributed by atoms with Gasteiger partial charge in [-0.3, -0.25) is 33.7 Å². The van der Waals surface area contributed by atoms with Crippen LogP contribution in [0, 0.1) is 55.4 Å². The van der Waals surface area contributed by atoms with E-state index in [1.807, 2.05) is 69.7 Å². The van der Waals surface area contributed by atoms with Crippen LogP contribution in [0.5, 0.6) is 0 Å². The number of amides is 2. The fraction of sp³-hybridized carbons (Fsp3) is 0.416. The van der Waals surface area contributed by atoms with Crippen molar-refractivity contribution < 1.29 is 67.0 Å². The maximum atomic E-state index is 11.9. The SMILES string of the molecule is CCCCCCc1cc(-c2sc(-c3cc(CCOC=O)c(C)s3)cc2CCN)sc1C.COCCOCCOCCOCc1cc(C)sc1-c1cc(CC(=O)O)c(C)s1.Cc1ccc(-c2sc(-c3cc(CCOC=O)c(C)s3)cc2CCN)s1.Cc1sc(-c2cc(CCN)c(-c3cc(CCN4C(=O)C=CC4=O)c(C)s3)s2)cc1CCOC=O. The van der Waals surface area contributed by atoms with Crippen molar-refractivity contribution in [2.24, 2.45) is 17.2 Å². The summed E-state index contributed by atoms with van der Waals surface area (Å²) >= 11 is 19.7. The first-order valence-electron chi connectivity index (χ1n) is 39.5. The number of hydrogen-bond acceptors (Lipinski definition) is 27. The quantitative estimate of drug-likeness (QED) is 0.0119. The Balaban J connectivity index is 0.000000180. The molecule has 18 nitrogen and oxygen atoms in total. The fourth-order valence-electron chi connectivity index (χ4n) is 13.2. The van der Waals surface area contributed by atoms with Gasteiger partial charge in [0.15, 0.2) is 0 Å². The summed E-state index contributed by atoms with van der Waals surface area (Å²) in [4.78, 5) is 95.0. The summed E-state index contributed by atoms with van der Waals surface area (Å²) in [7, 11) is 1.65. The number of rotatable bonds is 46. The molecule has 0 aliphatic carbocycles. The Bertz CT molecular complexity index is 5040. The number of unbranched alkanes of at least 4 members (excludes halogenated alkanes) is 3. The Morgan fingerprint density at radius 1 is 0.373 bits per heavy atom. The van der Waals surface area contributed by atoms with Crippen LogP contribution < -0.4 is 17.2 Å². The van der Waals surface area contributed by atoms with Crippen molar-refractivity contribution >= 4 is 162 Å². The van der Waals surface area contributed by atoms with Crippen LogP contribution in [0.1, 0.15) is 127 Å². The van der Waals surface area contributed by atoms with Crippen molar-refractivity contribution in [1.29, 1.82) is 0 Å². The molecular formula is C89H108N4O14S11. The van der Waals surface area contributed by atoms with Crippen LogP contribution in [0.3, 0.4) is 0 Å². The van der Waals surface area contributed by atoms with Crippen molar-refractivity contribution in [2.45, 2.75) is 152 Å². The number of hydrogen-bond donors (Lipinski definition) is 4. The van der Waals surface area contributed by atoms with E-state index in [4.69, 9.17) is 55.5 Å². The first-order valence-corrected chi connectivity index (χ1v) is 48.4. The van der Waals surface area contributed by atoms with Crippen LogP contribution in [-0.2, 0) is 126 Å². The summed E-state index contributed by atoms with van der Waals surface area (Å²) < 4.78 is 36.1. The molecule has 0 aromatic carbocycles. The molecule has 1 aliphatic heterocycles. The van der Waals surface area contributed by atoms with Crippen LogP contribution in [-0.4, -0.2) is 140 Å². The number of thiophene rings is 11. The minimum Gasteiger partial charge on any atom is -0.481 e. The Morgan fingerprint density at radius 3 is 1.14 bits per heavy atom. The molecule has 12 rings (SSSR count). The maximum absolute atomic E-state index is 11.9. The van der Waals surface area contributed by atoms with Crippen molar-refractivity contribution in [1.82, 2.24) is 4.90 Å². The number of imide groups is 1. The van der Waals surface area contributed by atoms with Gasteiger partial charge in [0, 0.05) is 147 Å². The molecule has 0 saturated heterocycles. The molecule has 0 bridgehead atoms. The topological polar surface area (TPSA) is 269 Å². The highest BCUT2D eigenvalue weighted by Gasteiger charge is 2.26. The molecule has 0 saturated carbocycles. The second kappa shape index (κ2) is 49.3. The van der Waals surface area contributed by atoms with Crippen molar-refractivity contribution in [3.8, 4) is 68.3 Å². The van der Waals surface area contributed by atoms with Gasteiger partial charge in [-0.2, -0.15) is 0 Å². The van der Waals surface area contributed by atoms with Gasteiger partial charge in [0.05, 0.1) is 77.4 Å². The van der Waals surface area contributed by atoms with E-state index in [0.717, 1.165) is 63.4 Å². The Hall–Kier alpha value is -6.82. The van der Waals surface area contributed by atoms with Gasteiger partial charge in [-0.05, 0) is 242 Å². The lowest BCUT2D eigenvalue weighted by Crippen LogP contribution is -2.31. The highest BCUT2D eigenvalue weighted by molar-refractivity contribution is 7.28. The number of ether oxygens (including phenoxy) is 7. The van der Waals surface area contributed by atoms with Gasteiger partial charge in [-0.15, -0.1) is 125 Å². The summed E-state index contributed by atoms with van der Waals surface area (Å²) in [6, 6.07) is 26.7. The summed E-state index contributed by atoms with van der Waals surface area (Å²) in [6.45, 7) is 28.0. The summed E-state index contributed by atoms with van der Waals surface area (Å²) in [6.07, 6.45) is 14.6. The maximum Gasteiger partial charge on any atom is 0.307 e. The van der Waals surface area contributed by atoms with E-state index in [-0.39, 0.29) is 18.2 Å². The zero-order valence-electron chi connectivity index (χ0n) is 68.8. The molecule has 0 fully saturated rings. The number of carbonyl (C=O) groups is 6. The zero-order chi connectivity index (χ0) is 84.6. The molecular weight excluding hydrogens is 1700 g/mol. The largest absolute Gasteiger partial charge is 0.481 e. The number of nitrogens with two attached hydrogens (primary N) is 3. The zero-order valence-corrected chi connectivity index (χ0v) is 77.8. The van der Waals surface area contributed by atoms with E-state index >= 15 is 0 Å². The summed E-state index contributed by atoms with van der Waals surface area (Å²) in [5.74, 6) is -1.29. The lowest BCUT2D eigenvalue weighted by molar-refractivity contribution is -0.137. The lowest BCUT2D eigenvalue weighted by Gasteiger charge is -2.13. The average molecular weight is 1810 g/mol. The molecule has 1 aliphatic rings. The molecule has 11 aromatic heterocycles. The molecule has 2 amide bonds. The van der Waals surface area contributed by atoms with Crippen LogP contribution in [0.2, 0.25) is 0 Å². The number of nitrogens with zero attached hydrogens (tertiary/aromatic N) is 1. The molecule has 11 aromatic rings. The molecule has 7 N–H and O–H groups in total. The smallest absolute Gasteiger partial charge is 0.307 e. The van der Waals surface area contributed by atoms with Crippen LogP contribution in [0.4, 0.5) is 0 Å². The highest BCUT2D eigenvalue weighted by Crippen LogP contribution is 2.49. The average Bonchev–Trinajstić information content (AvgIpc) is 1.64. The molecule has 29 heteroatoms. The summed E-state index contributed by atoms with van der Waals surface area (Å²) in [5, 5.41) is 9.05. The van der Waals surface area contributed by atoms with Gasteiger partial charge in [-0.25, -0.2) is 0 Å². The third kappa shape index (κ3) is 27.9. The van der Waals surface area contributed by atoms with Gasteiger partial charge in [-0.1, -0.05) is 26.2 Å². The number of methoxy groups -OCH3 is 1. The van der Waals surface area contributed by atoms with E-state index < -0.39 is 5.97 Å². The first kappa shape index (κ1) is 95.0. The molecule has 0 atom stereocenters. The first-order chi connectivity index (χ1) is 57.1. The van der Waals surface area contributed by atoms with Crippen molar-refractivity contribution in [3.05, 3.63) is 180 Å². The standard InChI is InChI=1S/C25H26N2O4S3.C25H33NO2S3.C20H28O6S2.C19H21NO2S3/c1-15-17(6-9-27-23(29)3-4-24(27)30)12-22(33-15)25-19(5-8-26)13-21(34-25)20-11-18(16(2)32-20)7-10-31-14-28;1-4-5-6-7-8-19-14-24(30-17(19)2)25-21(9-11-26)15-23(31-25)22-13-20(18(3)29-22)10-12-28-16-27;1-14-10-17(13-26-9-8-25-7-6-24-5-4-23-3)20(27-14)18-11-16(12-19(21)22)15(2)28-18;1-12-3-4-16(23-12)19-15(5-7-20)10-18(25-19)17-9-14(13(2)24-17)6-8-22-11-21/h3-4,11-14H,5-10,26H2,1-2H3;13-16H,4-12,26H2,1-3H3;10-11H,4-9,12-13H2,1-3H3,(H,21,22);3-4,9-11H,5-8,20H2,1-2H3. The minimum absolute atomic E-state index is 0.0606. The van der Waals surface area contributed by atoms with Gasteiger partial charge in [0.1, 0.15) is 0 Å². The Labute approximate surface area is 737 Å². The van der Waals surface area contributed by atoms with E-state index in [1.165, 1.54) is 181 Å². The van der Waals surface area contributed by atoms with Gasteiger partial charge in [0.25, 0.3) is 31.2 Å². The van der Waals surface area contributed by atoms with Crippen LogP contribution >= 0.6 is 125 Å². The highest BCUT2D eigenvalue weighted by atomic mass is 32.1. The normalized spacial score (nSPS) is 11.8. The molecule has 0 unspecified atom stereocenters. The lowest BCUT2D eigenvalue weighted by atomic mass is 10.1. The molecule has 118 heavy (non-hydrogen) atoms. The van der Waals surface area contributed by atoms with Crippen LogP contribution in [0.15, 0.2) is 84.9 Å². The Morgan fingerprint density at radius 2 is 0.737 bits per heavy atom. The van der Waals surface area contributed by atoms with E-state index in [9.17, 15) is 28.8 Å². The van der Waals surface area contributed by atoms with Crippen LogP contribution in [0.25, 0.3) is 68.3 Å². The number of aliphatic carboxylic acids is 1. The number of carbonyl (C=O) groups excluding carboxylic acids is 5. The molecule has 0 spiro atoms. The van der Waals surface area contributed by atoms with E-state index in [1.54, 1.807) is 75.1 Å². The van der Waals surface area contributed by atoms with Gasteiger partial charge in [0.2, 0.25) is 0 Å². The van der Waals surface area contributed by atoms with Crippen molar-refractivity contribution in [2.75, 3.05) is 92.8 Å². The number of carboxylic acids is 1. The molecule has 634 valence electrons. The van der Waals surface area contributed by atoms with E-state index in [0.29, 0.717) is 125 Å². The van der Waals surface area contributed by atoms with Crippen molar-refractivity contribution in [3.63, 3.8) is 0 Å². The third-order valence-corrected chi connectivity index (χ3v) is 32.8. The number of aryl methyl sites for hydroxylation is 9. The predicted octanol–water partition coefficient (Wildman–Crippen LogP) is 20.6. The minimum atomic E-state index is -0.803. The second-order valence-corrected chi connectivity index (χ2v) is 41.2. The van der Waals surface area contributed by atoms with Gasteiger partial charge < -0.3 is 55.5 Å². The monoisotopic (exact) mass is 1810 g/mol. The number of carboxylic acid groups (broad SMARTS) is 1. The summed E-state index contributed by atoms with van der Waals surface area (Å²) in [5.41, 5.74) is 30.0. The van der Waals surface area contributed by atoms with E-state index in [2.05, 4.69) is 122 Å². The van der Waals surface area contributed by atoms with Gasteiger partial charge >= 0.3 is 5.97 Å². The fourth-order valence-corrected chi connectivity index (χ4v) is 25.9. The molecule has 12 heterocycles. The third-order valence-electron chi connectivity index (χ3n) is 19.3. The second-order valence-electron chi connectivity index (χ2n) is 28.0. The predicted molar refractivity (Wildman–Crippen MR) is 496 cm³/mol. The Kier molecular flexibility index (Phi) is 39.7. The molecule has 0 radical (unpaired) electrons.